The topological polar surface area (TPSA) is 20.2 Å². The molecule has 0 saturated heterocycles. The Morgan fingerprint density at radius 3 is 2.50 bits per heavy atom. The van der Waals surface area contributed by atoms with Crippen molar-refractivity contribution in [2.45, 2.75) is 105 Å². The van der Waals surface area contributed by atoms with Gasteiger partial charge in [-0.05, 0) is 110 Å². The van der Waals surface area contributed by atoms with E-state index in [0.29, 0.717) is 16.7 Å². The molecular formula is C29H48O. The van der Waals surface area contributed by atoms with Crippen LogP contribution < -0.4 is 0 Å². The highest BCUT2D eigenvalue weighted by Crippen LogP contribution is 2.67. The fourth-order valence-electron chi connectivity index (χ4n) is 8.83. The van der Waals surface area contributed by atoms with Gasteiger partial charge in [0, 0.05) is 0 Å². The minimum absolute atomic E-state index is 0.0870. The molecule has 4 aliphatic carbocycles. The summed E-state index contributed by atoms with van der Waals surface area (Å²) >= 11 is 0. The molecule has 0 heterocycles. The van der Waals surface area contributed by atoms with Gasteiger partial charge in [0.25, 0.3) is 0 Å². The first kappa shape index (κ1) is 22.6. The van der Waals surface area contributed by atoms with Crippen molar-refractivity contribution in [1.82, 2.24) is 0 Å². The van der Waals surface area contributed by atoms with Gasteiger partial charge in [0.05, 0.1) is 6.10 Å². The molecule has 0 radical (unpaired) electrons. The van der Waals surface area contributed by atoms with Crippen LogP contribution in [0.15, 0.2) is 23.8 Å². The molecule has 3 saturated carbocycles. The highest BCUT2D eigenvalue weighted by atomic mass is 16.3. The smallest absolute Gasteiger partial charge is 0.0577 e. The van der Waals surface area contributed by atoms with Crippen molar-refractivity contribution in [2.24, 2.45) is 52.3 Å². The van der Waals surface area contributed by atoms with Gasteiger partial charge in [-0.25, -0.2) is 0 Å². The Morgan fingerprint density at radius 2 is 1.80 bits per heavy atom. The van der Waals surface area contributed by atoms with E-state index < -0.39 is 0 Å². The molecule has 30 heavy (non-hydrogen) atoms. The van der Waals surface area contributed by atoms with Crippen molar-refractivity contribution < 1.29 is 5.11 Å². The third-order valence-corrected chi connectivity index (χ3v) is 10.8. The second-order valence-corrected chi connectivity index (χ2v) is 12.4. The van der Waals surface area contributed by atoms with Crippen LogP contribution in [0.4, 0.5) is 0 Å². The van der Waals surface area contributed by atoms with Crippen LogP contribution in [0.5, 0.6) is 0 Å². The number of aliphatic hydroxyl groups excluding tert-OH is 1. The van der Waals surface area contributed by atoms with Crippen LogP contribution in [0.25, 0.3) is 0 Å². The van der Waals surface area contributed by atoms with Gasteiger partial charge in [0.1, 0.15) is 0 Å². The van der Waals surface area contributed by atoms with Gasteiger partial charge >= 0.3 is 0 Å². The zero-order chi connectivity index (χ0) is 21.7. The number of aliphatic hydroxyl groups is 1. The molecule has 4 aliphatic rings. The van der Waals surface area contributed by atoms with Gasteiger partial charge in [-0.2, -0.15) is 0 Å². The van der Waals surface area contributed by atoms with E-state index >= 15 is 0 Å². The second kappa shape index (κ2) is 8.42. The van der Waals surface area contributed by atoms with Crippen molar-refractivity contribution in [3.8, 4) is 0 Å². The lowest BCUT2D eigenvalue weighted by atomic mass is 9.47. The Morgan fingerprint density at radius 1 is 1.03 bits per heavy atom. The standard InChI is InChI=1S/C29H48O/c1-7-21(19(2)3)9-8-20(4)25-12-13-26-24-11-10-22-18-23(30)14-16-28(22,5)27(24)15-17-29(25,26)6/h8-10,19-21,23-27,30H,7,11-18H2,1-6H3/t20-,21+,23-,24+,25-,26-,27-,28-,29+/m0/s1. The molecule has 0 aliphatic heterocycles. The van der Waals surface area contributed by atoms with E-state index in [1.807, 2.05) is 0 Å². The Bertz CT molecular complexity index is 674. The molecule has 0 aromatic carbocycles. The SMILES string of the molecule is CC[C@H](C=C[C@H](C)[C@@H]1CC[C@H]2[C@H]3CC=C4C[C@@H](O)CC[C@]4(C)[C@H]3CC[C@@]21C)C(C)C. The van der Waals surface area contributed by atoms with Crippen LogP contribution in [-0.4, -0.2) is 11.2 Å². The van der Waals surface area contributed by atoms with Crippen LogP contribution >= 0.6 is 0 Å². The van der Waals surface area contributed by atoms with Crippen molar-refractivity contribution in [1.29, 1.82) is 0 Å². The van der Waals surface area contributed by atoms with Gasteiger partial charge < -0.3 is 5.11 Å². The molecule has 9 atom stereocenters. The van der Waals surface area contributed by atoms with E-state index in [9.17, 15) is 5.11 Å². The summed E-state index contributed by atoms with van der Waals surface area (Å²) in [5.74, 6) is 5.70. The maximum Gasteiger partial charge on any atom is 0.0577 e. The molecule has 3 fully saturated rings. The quantitative estimate of drug-likeness (QED) is 0.457. The summed E-state index contributed by atoms with van der Waals surface area (Å²) in [4.78, 5) is 0. The van der Waals surface area contributed by atoms with E-state index in [0.717, 1.165) is 48.3 Å². The van der Waals surface area contributed by atoms with E-state index in [-0.39, 0.29) is 6.10 Å². The van der Waals surface area contributed by atoms with Crippen LogP contribution in [0, 0.1) is 52.3 Å². The molecule has 0 amide bonds. The summed E-state index contributed by atoms with van der Waals surface area (Å²) < 4.78 is 0. The average molecular weight is 413 g/mol. The predicted octanol–water partition coefficient (Wildman–Crippen LogP) is 7.80. The molecule has 0 unspecified atom stereocenters. The molecule has 170 valence electrons. The minimum atomic E-state index is -0.0870. The molecule has 0 aromatic rings. The van der Waals surface area contributed by atoms with Crippen molar-refractivity contribution >= 4 is 0 Å². The number of hydrogen-bond donors (Lipinski definition) is 1. The number of rotatable bonds is 5. The third kappa shape index (κ3) is 3.66. The number of fused-ring (bicyclic) bond motifs is 5. The lowest BCUT2D eigenvalue weighted by Gasteiger charge is -2.58. The zero-order valence-corrected chi connectivity index (χ0v) is 20.7. The van der Waals surface area contributed by atoms with E-state index in [1.165, 1.54) is 44.9 Å². The molecular weight excluding hydrogens is 364 g/mol. The van der Waals surface area contributed by atoms with Crippen LogP contribution in [0.3, 0.4) is 0 Å². The van der Waals surface area contributed by atoms with Gasteiger partial charge in [-0.3, -0.25) is 0 Å². The fraction of sp³-hybridized carbons (Fsp3) is 0.862. The minimum Gasteiger partial charge on any atom is -0.393 e. The monoisotopic (exact) mass is 412 g/mol. The van der Waals surface area contributed by atoms with Crippen LogP contribution in [-0.2, 0) is 0 Å². The lowest BCUT2D eigenvalue weighted by molar-refractivity contribution is -0.0540. The number of hydrogen-bond acceptors (Lipinski definition) is 1. The highest BCUT2D eigenvalue weighted by Gasteiger charge is 2.58. The van der Waals surface area contributed by atoms with Crippen LogP contribution in [0.2, 0.25) is 0 Å². The summed E-state index contributed by atoms with van der Waals surface area (Å²) in [5.41, 5.74) is 2.51. The maximum absolute atomic E-state index is 10.2. The normalized spacial score (nSPS) is 45.6. The molecule has 4 rings (SSSR count). The van der Waals surface area contributed by atoms with Gasteiger partial charge in [0.15, 0.2) is 0 Å². The second-order valence-electron chi connectivity index (χ2n) is 12.4. The number of allylic oxidation sites excluding steroid dienone is 3. The Balaban J connectivity index is 1.52. The fourth-order valence-corrected chi connectivity index (χ4v) is 8.83. The van der Waals surface area contributed by atoms with Crippen molar-refractivity contribution in [2.75, 3.05) is 0 Å². The zero-order valence-electron chi connectivity index (χ0n) is 20.7. The summed E-state index contributed by atoms with van der Waals surface area (Å²) in [6.45, 7) is 14.8. The van der Waals surface area contributed by atoms with E-state index in [4.69, 9.17) is 0 Å². The molecule has 0 spiro atoms. The summed E-state index contributed by atoms with van der Waals surface area (Å²) in [6.07, 6.45) is 19.1. The Labute approximate surface area is 186 Å². The van der Waals surface area contributed by atoms with E-state index in [2.05, 4.69) is 59.8 Å². The first-order valence-electron chi connectivity index (χ1n) is 13.3. The predicted molar refractivity (Wildman–Crippen MR) is 128 cm³/mol. The van der Waals surface area contributed by atoms with Gasteiger partial charge in [-0.15, -0.1) is 0 Å². The molecule has 1 heteroatoms. The summed E-state index contributed by atoms with van der Waals surface area (Å²) in [5, 5.41) is 10.2. The lowest BCUT2D eigenvalue weighted by Crippen LogP contribution is -2.50. The third-order valence-electron chi connectivity index (χ3n) is 10.8. The Kier molecular flexibility index (Phi) is 6.35. The molecule has 1 nitrogen and oxygen atoms in total. The van der Waals surface area contributed by atoms with Crippen molar-refractivity contribution in [3.63, 3.8) is 0 Å². The molecule has 1 N–H and O–H groups in total. The average Bonchev–Trinajstić information content (AvgIpc) is 3.06. The first-order chi connectivity index (χ1) is 14.2. The summed E-state index contributed by atoms with van der Waals surface area (Å²) in [7, 11) is 0. The van der Waals surface area contributed by atoms with Crippen LogP contribution in [0.1, 0.15) is 99.3 Å². The van der Waals surface area contributed by atoms with Crippen molar-refractivity contribution in [3.05, 3.63) is 23.8 Å². The maximum atomic E-state index is 10.2. The van der Waals surface area contributed by atoms with E-state index in [1.54, 1.807) is 5.57 Å². The summed E-state index contributed by atoms with van der Waals surface area (Å²) in [6, 6.07) is 0. The first-order valence-corrected chi connectivity index (χ1v) is 13.3. The van der Waals surface area contributed by atoms with Gasteiger partial charge in [-0.1, -0.05) is 65.3 Å². The highest BCUT2D eigenvalue weighted by molar-refractivity contribution is 5.25. The van der Waals surface area contributed by atoms with Gasteiger partial charge in [0.2, 0.25) is 0 Å². The Hall–Kier alpha value is -0.560. The molecule has 0 aromatic heterocycles. The molecule has 0 bridgehead atoms. The largest absolute Gasteiger partial charge is 0.393 e.